The van der Waals surface area contributed by atoms with Crippen LogP contribution in [0.15, 0.2) is 83.2 Å². The fourth-order valence-corrected chi connectivity index (χ4v) is 1.83. The maximum absolute atomic E-state index is 3.74. The van der Waals surface area contributed by atoms with Gasteiger partial charge in [0.1, 0.15) is 0 Å². The molecule has 0 aliphatic carbocycles. The van der Waals surface area contributed by atoms with Gasteiger partial charge < -0.3 is 0 Å². The van der Waals surface area contributed by atoms with Gasteiger partial charge in [0.25, 0.3) is 0 Å². The average molecular weight is 228 g/mol. The third-order valence-electron chi connectivity index (χ3n) is 1.95. The molecule has 1 heterocycles. The molecule has 1 rings (SSSR count). The zero-order chi connectivity index (χ0) is 11.6. The Hall–Kier alpha value is -1.47. The van der Waals surface area contributed by atoms with E-state index in [0.29, 0.717) is 0 Å². The van der Waals surface area contributed by atoms with E-state index in [1.54, 1.807) is 11.8 Å². The zero-order valence-electron chi connectivity index (χ0n) is 9.47. The Balaban J connectivity index is 2.90. The van der Waals surface area contributed by atoms with Crippen molar-refractivity contribution in [1.29, 1.82) is 0 Å². The fourth-order valence-electron chi connectivity index (χ4n) is 1.21. The van der Waals surface area contributed by atoms with Gasteiger partial charge in [0.2, 0.25) is 0 Å². The maximum atomic E-state index is 3.74. The standard InChI is InChI=1S/C15H16S/c1-3-5-6-10-14(9-4-2)15-11-7-8-12-16-13-15/h3-13H,2H2,1H3/b5-3-,10-6-,14-9+. The smallest absolute Gasteiger partial charge is 0.0118 e. The van der Waals surface area contributed by atoms with Gasteiger partial charge in [-0.3, -0.25) is 0 Å². The Morgan fingerprint density at radius 1 is 1.31 bits per heavy atom. The van der Waals surface area contributed by atoms with Crippen molar-refractivity contribution >= 4 is 11.8 Å². The van der Waals surface area contributed by atoms with Gasteiger partial charge in [-0.05, 0) is 28.9 Å². The minimum atomic E-state index is 1.17. The van der Waals surface area contributed by atoms with Gasteiger partial charge in [0, 0.05) is 0 Å². The molecule has 0 spiro atoms. The van der Waals surface area contributed by atoms with Crippen molar-refractivity contribution in [3.05, 3.63) is 83.2 Å². The van der Waals surface area contributed by atoms with Crippen LogP contribution < -0.4 is 0 Å². The zero-order valence-corrected chi connectivity index (χ0v) is 10.3. The normalized spacial score (nSPS) is 16.8. The number of hydrogen-bond acceptors (Lipinski definition) is 1. The lowest BCUT2D eigenvalue weighted by atomic mass is 10.1. The number of rotatable bonds is 4. The molecule has 16 heavy (non-hydrogen) atoms. The minimum Gasteiger partial charge on any atom is -0.105 e. The summed E-state index contributed by atoms with van der Waals surface area (Å²) < 4.78 is 0. The maximum Gasteiger partial charge on any atom is -0.0118 e. The van der Waals surface area contributed by atoms with E-state index in [0.717, 1.165) is 0 Å². The summed E-state index contributed by atoms with van der Waals surface area (Å²) >= 11 is 1.69. The first-order valence-electron chi connectivity index (χ1n) is 5.20. The summed E-state index contributed by atoms with van der Waals surface area (Å²) in [6, 6.07) is 0. The lowest BCUT2D eigenvalue weighted by Gasteiger charge is -2.01. The first-order valence-corrected chi connectivity index (χ1v) is 6.14. The van der Waals surface area contributed by atoms with Crippen molar-refractivity contribution in [1.82, 2.24) is 0 Å². The quantitative estimate of drug-likeness (QED) is 0.615. The second-order valence-electron chi connectivity index (χ2n) is 3.14. The molecule has 0 atom stereocenters. The summed E-state index contributed by atoms with van der Waals surface area (Å²) in [5, 5.41) is 4.19. The van der Waals surface area contributed by atoms with Crippen LogP contribution in [0.5, 0.6) is 0 Å². The van der Waals surface area contributed by atoms with E-state index in [4.69, 9.17) is 0 Å². The van der Waals surface area contributed by atoms with Crippen LogP contribution in [0.2, 0.25) is 0 Å². The van der Waals surface area contributed by atoms with Crippen molar-refractivity contribution in [3.8, 4) is 0 Å². The van der Waals surface area contributed by atoms with Crippen molar-refractivity contribution in [2.24, 2.45) is 0 Å². The summed E-state index contributed by atoms with van der Waals surface area (Å²) in [5.41, 5.74) is 2.37. The third-order valence-corrected chi connectivity index (χ3v) is 2.65. The van der Waals surface area contributed by atoms with E-state index in [1.807, 2.05) is 49.5 Å². The molecule has 0 amide bonds. The molecule has 0 aromatic carbocycles. The molecule has 0 radical (unpaired) electrons. The lowest BCUT2D eigenvalue weighted by molar-refractivity contribution is 1.56. The summed E-state index contributed by atoms with van der Waals surface area (Å²) in [6.07, 6.45) is 18.2. The summed E-state index contributed by atoms with van der Waals surface area (Å²) in [6.45, 7) is 5.75. The molecule has 1 aliphatic rings. The van der Waals surface area contributed by atoms with Crippen LogP contribution in [-0.4, -0.2) is 0 Å². The van der Waals surface area contributed by atoms with Crippen LogP contribution in [0.1, 0.15) is 6.92 Å². The van der Waals surface area contributed by atoms with Crippen LogP contribution in [0.3, 0.4) is 0 Å². The van der Waals surface area contributed by atoms with E-state index < -0.39 is 0 Å². The number of hydrogen-bond donors (Lipinski definition) is 0. The molecule has 1 heteroatoms. The fraction of sp³-hybridized carbons (Fsp3) is 0.0667. The van der Waals surface area contributed by atoms with Gasteiger partial charge in [-0.2, -0.15) is 0 Å². The first-order chi connectivity index (χ1) is 7.88. The topological polar surface area (TPSA) is 0 Å². The Morgan fingerprint density at radius 2 is 2.19 bits per heavy atom. The highest BCUT2D eigenvalue weighted by atomic mass is 32.2. The van der Waals surface area contributed by atoms with Crippen molar-refractivity contribution in [2.75, 3.05) is 0 Å². The van der Waals surface area contributed by atoms with Gasteiger partial charge in [-0.25, -0.2) is 0 Å². The second kappa shape index (κ2) is 7.77. The predicted molar refractivity (Wildman–Crippen MR) is 76.2 cm³/mol. The van der Waals surface area contributed by atoms with Gasteiger partial charge in [0.15, 0.2) is 0 Å². The molecule has 1 aliphatic heterocycles. The largest absolute Gasteiger partial charge is 0.105 e. The molecule has 0 fully saturated rings. The molecule has 0 bridgehead atoms. The van der Waals surface area contributed by atoms with Gasteiger partial charge in [0.05, 0.1) is 0 Å². The monoisotopic (exact) mass is 228 g/mol. The molecule has 0 N–H and O–H groups in total. The van der Waals surface area contributed by atoms with Crippen molar-refractivity contribution < 1.29 is 0 Å². The van der Waals surface area contributed by atoms with E-state index in [2.05, 4.69) is 29.5 Å². The van der Waals surface area contributed by atoms with E-state index in [-0.39, 0.29) is 0 Å². The highest BCUT2D eigenvalue weighted by molar-refractivity contribution is 8.04. The van der Waals surface area contributed by atoms with Crippen LogP contribution in [0, 0.1) is 0 Å². The van der Waals surface area contributed by atoms with Gasteiger partial charge >= 0.3 is 0 Å². The lowest BCUT2D eigenvalue weighted by Crippen LogP contribution is -1.81. The third kappa shape index (κ3) is 4.37. The minimum absolute atomic E-state index is 1.17. The molecule has 82 valence electrons. The van der Waals surface area contributed by atoms with Crippen LogP contribution >= 0.6 is 11.8 Å². The van der Waals surface area contributed by atoms with Crippen LogP contribution in [0.25, 0.3) is 0 Å². The number of allylic oxidation sites excluding steroid dienone is 11. The van der Waals surface area contributed by atoms with Crippen molar-refractivity contribution in [3.63, 3.8) is 0 Å². The molecule has 0 aromatic heterocycles. The first kappa shape index (κ1) is 12.6. The summed E-state index contributed by atoms with van der Waals surface area (Å²) in [4.78, 5) is 0. The van der Waals surface area contributed by atoms with E-state index in [1.165, 1.54) is 11.1 Å². The molecule has 0 saturated heterocycles. The van der Waals surface area contributed by atoms with Crippen LogP contribution in [-0.2, 0) is 0 Å². The SMILES string of the molecule is C=C\C=C(/C=C\C=C/C)C1=CSC=CC=C1. The second-order valence-corrected chi connectivity index (χ2v) is 3.92. The molecule has 0 aromatic rings. The molecular formula is C15H16S. The highest BCUT2D eigenvalue weighted by Gasteiger charge is 1.98. The average Bonchev–Trinajstić information content (AvgIpc) is 2.57. The van der Waals surface area contributed by atoms with Gasteiger partial charge in [-0.15, -0.1) is 11.8 Å². The Labute approximate surface area is 102 Å². The number of thioether (sulfide) groups is 1. The molecular weight excluding hydrogens is 212 g/mol. The molecule has 0 nitrogen and oxygen atoms in total. The summed E-state index contributed by atoms with van der Waals surface area (Å²) in [7, 11) is 0. The Morgan fingerprint density at radius 3 is 2.94 bits per heavy atom. The van der Waals surface area contributed by atoms with Crippen LogP contribution in [0.4, 0.5) is 0 Å². The van der Waals surface area contributed by atoms with Crippen molar-refractivity contribution in [2.45, 2.75) is 6.92 Å². The predicted octanol–water partition coefficient (Wildman–Crippen LogP) is 4.93. The van der Waals surface area contributed by atoms with Gasteiger partial charge in [-0.1, -0.05) is 61.3 Å². The Bertz CT molecular complexity index is 401. The Kier molecular flexibility index (Phi) is 6.12. The summed E-state index contributed by atoms with van der Waals surface area (Å²) in [5.74, 6) is 0. The van der Waals surface area contributed by atoms with E-state index in [9.17, 15) is 0 Å². The highest BCUT2D eigenvalue weighted by Crippen LogP contribution is 2.21. The molecule has 0 unspecified atom stereocenters. The molecule has 0 saturated carbocycles. The van der Waals surface area contributed by atoms with E-state index >= 15 is 0 Å².